The standard InChI is InChI=1S/C15H20N2O6S/c1-4-10(2)16-15(20)17-13(18)9-23-14(19)11-5-7-12(8-6-11)24(3,21)22/h5-8,10H,4,9H2,1-3H3,(H2,16,17,18,20)/t10-/m0/s1. The fraction of sp³-hybridized carbons (Fsp3) is 0.400. The Hall–Kier alpha value is -2.42. The van der Waals surface area contributed by atoms with Crippen LogP contribution >= 0.6 is 0 Å². The Kier molecular flexibility index (Phi) is 6.90. The molecule has 0 aliphatic heterocycles. The highest BCUT2D eigenvalue weighted by molar-refractivity contribution is 7.90. The van der Waals surface area contributed by atoms with Crippen molar-refractivity contribution in [3.8, 4) is 0 Å². The first-order valence-electron chi connectivity index (χ1n) is 7.21. The second kappa shape index (κ2) is 8.44. The summed E-state index contributed by atoms with van der Waals surface area (Å²) in [6.45, 7) is 3.04. The molecule has 1 aromatic carbocycles. The van der Waals surface area contributed by atoms with Crippen molar-refractivity contribution in [1.29, 1.82) is 0 Å². The van der Waals surface area contributed by atoms with E-state index < -0.39 is 34.4 Å². The fourth-order valence-corrected chi connectivity index (χ4v) is 2.21. The van der Waals surface area contributed by atoms with Crippen molar-refractivity contribution in [2.45, 2.75) is 31.2 Å². The van der Waals surface area contributed by atoms with E-state index in [1.165, 1.54) is 24.3 Å². The molecule has 0 heterocycles. The van der Waals surface area contributed by atoms with Crippen molar-refractivity contribution in [3.63, 3.8) is 0 Å². The minimum atomic E-state index is -3.36. The lowest BCUT2D eigenvalue weighted by molar-refractivity contribution is -0.123. The van der Waals surface area contributed by atoms with Crippen LogP contribution in [0, 0.1) is 0 Å². The van der Waals surface area contributed by atoms with Crippen LogP contribution in [0.3, 0.4) is 0 Å². The summed E-state index contributed by atoms with van der Waals surface area (Å²) in [5.41, 5.74) is 0.0965. The normalized spacial score (nSPS) is 12.1. The van der Waals surface area contributed by atoms with E-state index in [1.807, 2.05) is 12.2 Å². The van der Waals surface area contributed by atoms with E-state index >= 15 is 0 Å². The lowest BCUT2D eigenvalue weighted by Crippen LogP contribution is -2.44. The highest BCUT2D eigenvalue weighted by Crippen LogP contribution is 2.11. The van der Waals surface area contributed by atoms with Gasteiger partial charge >= 0.3 is 12.0 Å². The highest BCUT2D eigenvalue weighted by atomic mass is 32.2. The average Bonchev–Trinajstić information content (AvgIpc) is 2.51. The fourth-order valence-electron chi connectivity index (χ4n) is 1.58. The summed E-state index contributed by atoms with van der Waals surface area (Å²) < 4.78 is 27.4. The average molecular weight is 356 g/mol. The summed E-state index contributed by atoms with van der Waals surface area (Å²) in [6.07, 6.45) is 1.76. The third-order valence-corrected chi connectivity index (χ3v) is 4.22. The number of hydrogen-bond donors (Lipinski definition) is 2. The number of nitrogens with one attached hydrogen (secondary N) is 2. The second-order valence-corrected chi connectivity index (χ2v) is 7.22. The first-order valence-corrected chi connectivity index (χ1v) is 9.10. The molecule has 1 rings (SSSR count). The van der Waals surface area contributed by atoms with Gasteiger partial charge in [0.2, 0.25) is 0 Å². The van der Waals surface area contributed by atoms with E-state index in [9.17, 15) is 22.8 Å². The SMILES string of the molecule is CC[C@H](C)NC(=O)NC(=O)COC(=O)c1ccc(S(C)(=O)=O)cc1. The van der Waals surface area contributed by atoms with Crippen LogP contribution in [0.2, 0.25) is 0 Å². The Balaban J connectivity index is 2.51. The number of hydrogen-bond acceptors (Lipinski definition) is 6. The topological polar surface area (TPSA) is 119 Å². The molecule has 1 aromatic rings. The van der Waals surface area contributed by atoms with Crippen LogP contribution < -0.4 is 10.6 Å². The number of ether oxygens (including phenoxy) is 1. The maximum absolute atomic E-state index is 11.8. The molecule has 0 spiro atoms. The Bertz CT molecular complexity index is 712. The predicted molar refractivity (Wildman–Crippen MR) is 86.3 cm³/mol. The van der Waals surface area contributed by atoms with Gasteiger partial charge in [-0.05, 0) is 37.6 Å². The third kappa shape index (κ3) is 6.37. The number of esters is 1. The van der Waals surface area contributed by atoms with Crippen molar-refractivity contribution < 1.29 is 27.5 Å². The van der Waals surface area contributed by atoms with Crippen LogP contribution in [0.15, 0.2) is 29.2 Å². The van der Waals surface area contributed by atoms with E-state index in [1.54, 1.807) is 6.92 Å². The minimum absolute atomic E-state index is 0.0681. The first kappa shape index (κ1) is 19.6. The number of benzene rings is 1. The van der Waals surface area contributed by atoms with Crippen LogP contribution in [0.5, 0.6) is 0 Å². The van der Waals surface area contributed by atoms with Gasteiger partial charge in [0.15, 0.2) is 16.4 Å². The Morgan fingerprint density at radius 3 is 2.25 bits per heavy atom. The molecule has 0 unspecified atom stereocenters. The van der Waals surface area contributed by atoms with E-state index in [4.69, 9.17) is 4.74 Å². The number of carbonyl (C=O) groups excluding carboxylic acids is 3. The summed E-state index contributed by atoms with van der Waals surface area (Å²) >= 11 is 0. The van der Waals surface area contributed by atoms with Crippen LogP contribution in [0.25, 0.3) is 0 Å². The van der Waals surface area contributed by atoms with Gasteiger partial charge in [0, 0.05) is 12.3 Å². The van der Waals surface area contributed by atoms with Gasteiger partial charge in [0.25, 0.3) is 5.91 Å². The third-order valence-electron chi connectivity index (χ3n) is 3.10. The Morgan fingerprint density at radius 2 is 1.75 bits per heavy atom. The predicted octanol–water partition coefficient (Wildman–Crippen LogP) is 0.871. The number of carbonyl (C=O) groups is 3. The first-order chi connectivity index (χ1) is 11.1. The molecule has 0 aliphatic carbocycles. The molecule has 0 fully saturated rings. The molecule has 132 valence electrons. The quantitative estimate of drug-likeness (QED) is 0.730. The molecule has 1 atom stereocenters. The van der Waals surface area contributed by atoms with Gasteiger partial charge in [-0.25, -0.2) is 18.0 Å². The molecule has 0 saturated heterocycles. The summed E-state index contributed by atoms with van der Waals surface area (Å²) in [6, 6.07) is 4.35. The van der Waals surface area contributed by atoms with Crippen LogP contribution in [0.4, 0.5) is 4.79 Å². The van der Waals surface area contributed by atoms with Gasteiger partial charge in [-0.3, -0.25) is 10.1 Å². The smallest absolute Gasteiger partial charge is 0.338 e. The lowest BCUT2D eigenvalue weighted by atomic mass is 10.2. The molecule has 24 heavy (non-hydrogen) atoms. The molecule has 0 radical (unpaired) electrons. The number of rotatable bonds is 6. The van der Waals surface area contributed by atoms with Crippen molar-refractivity contribution in [2.75, 3.05) is 12.9 Å². The monoisotopic (exact) mass is 356 g/mol. The second-order valence-electron chi connectivity index (χ2n) is 5.20. The molecule has 8 nitrogen and oxygen atoms in total. The van der Waals surface area contributed by atoms with E-state index in [0.29, 0.717) is 6.42 Å². The van der Waals surface area contributed by atoms with Gasteiger partial charge in [0.1, 0.15) is 0 Å². The van der Waals surface area contributed by atoms with Crippen molar-refractivity contribution in [2.24, 2.45) is 0 Å². The maximum Gasteiger partial charge on any atom is 0.338 e. The van der Waals surface area contributed by atoms with Gasteiger partial charge in [-0.2, -0.15) is 0 Å². The van der Waals surface area contributed by atoms with Gasteiger partial charge < -0.3 is 10.1 Å². The molecule has 0 saturated carbocycles. The zero-order chi connectivity index (χ0) is 18.3. The molecule has 0 aromatic heterocycles. The van der Waals surface area contributed by atoms with Gasteiger partial charge in [-0.15, -0.1) is 0 Å². The molecular weight excluding hydrogens is 336 g/mol. The minimum Gasteiger partial charge on any atom is -0.452 e. The van der Waals surface area contributed by atoms with Gasteiger partial charge in [-0.1, -0.05) is 6.92 Å². The van der Waals surface area contributed by atoms with Crippen LogP contribution in [-0.4, -0.2) is 45.2 Å². The van der Waals surface area contributed by atoms with Crippen LogP contribution in [-0.2, 0) is 19.4 Å². The van der Waals surface area contributed by atoms with E-state index in [-0.39, 0.29) is 16.5 Å². The van der Waals surface area contributed by atoms with Gasteiger partial charge in [0.05, 0.1) is 10.5 Å². The van der Waals surface area contributed by atoms with E-state index in [0.717, 1.165) is 6.26 Å². The van der Waals surface area contributed by atoms with Crippen molar-refractivity contribution in [3.05, 3.63) is 29.8 Å². The number of urea groups is 1. The molecule has 9 heteroatoms. The number of imide groups is 1. The molecule has 0 bridgehead atoms. The molecule has 2 N–H and O–H groups in total. The Labute approximate surface area is 140 Å². The summed E-state index contributed by atoms with van der Waals surface area (Å²) in [5, 5.41) is 4.57. The Morgan fingerprint density at radius 1 is 1.17 bits per heavy atom. The van der Waals surface area contributed by atoms with Crippen molar-refractivity contribution >= 4 is 27.7 Å². The largest absolute Gasteiger partial charge is 0.452 e. The number of amides is 3. The summed E-state index contributed by atoms with van der Waals surface area (Å²) in [5.74, 6) is -1.57. The number of sulfone groups is 1. The highest BCUT2D eigenvalue weighted by Gasteiger charge is 2.14. The molecular formula is C15H20N2O6S. The van der Waals surface area contributed by atoms with Crippen LogP contribution in [0.1, 0.15) is 30.6 Å². The van der Waals surface area contributed by atoms with Crippen molar-refractivity contribution in [1.82, 2.24) is 10.6 Å². The molecule has 3 amide bonds. The molecule has 0 aliphatic rings. The summed E-state index contributed by atoms with van der Waals surface area (Å²) in [4.78, 5) is 34.8. The zero-order valence-electron chi connectivity index (χ0n) is 13.7. The lowest BCUT2D eigenvalue weighted by Gasteiger charge is -2.11. The maximum atomic E-state index is 11.8. The van der Waals surface area contributed by atoms with E-state index in [2.05, 4.69) is 5.32 Å². The zero-order valence-corrected chi connectivity index (χ0v) is 14.5. The summed E-state index contributed by atoms with van der Waals surface area (Å²) in [7, 11) is -3.36.